The molecule has 2 rings (SSSR count). The molecule has 0 atom stereocenters. The molecule has 172 valence electrons. The summed E-state index contributed by atoms with van der Waals surface area (Å²) in [6, 6.07) is 0. The Morgan fingerprint density at radius 3 is 1.97 bits per heavy atom. The number of nitrogens with zero attached hydrogens (tertiary/aromatic N) is 1. The number of carbonyl (C=O) groups excluding carboxylic acids is 2. The van der Waals surface area contributed by atoms with E-state index in [0.717, 1.165) is 45.4 Å². The predicted molar refractivity (Wildman–Crippen MR) is 120 cm³/mol. The first-order valence-electron chi connectivity index (χ1n) is 12.0. The maximum Gasteiger partial charge on any atom is 0.224 e. The Hall–Kier alpha value is -0.940. The van der Waals surface area contributed by atoms with Crippen molar-refractivity contribution in [3.8, 4) is 0 Å². The Kier molecular flexibility index (Phi) is 18.4. The van der Waals surface area contributed by atoms with Crippen molar-refractivity contribution in [1.29, 1.82) is 0 Å². The van der Waals surface area contributed by atoms with Gasteiger partial charge in [0.05, 0.1) is 26.2 Å². The van der Waals surface area contributed by atoms with E-state index in [1.807, 2.05) is 39.5 Å². The summed E-state index contributed by atoms with van der Waals surface area (Å²) in [6.45, 7) is 14.3. The second kappa shape index (κ2) is 19.0. The van der Waals surface area contributed by atoms with Crippen LogP contribution in [-0.4, -0.2) is 56.1 Å². The highest BCUT2D eigenvalue weighted by Crippen LogP contribution is 2.26. The lowest BCUT2D eigenvalue weighted by molar-refractivity contribution is -0.133. The summed E-state index contributed by atoms with van der Waals surface area (Å²) in [4.78, 5) is 25.2. The monoisotopic (exact) mass is 413 g/mol. The number of carbonyl (C=O) groups is 2. The van der Waals surface area contributed by atoms with Crippen molar-refractivity contribution >= 4 is 11.7 Å². The number of rotatable bonds is 9. The first kappa shape index (κ1) is 28.1. The molecule has 5 nitrogen and oxygen atoms in total. The Balaban J connectivity index is 0.000000526. The molecule has 1 amide bonds. The lowest BCUT2D eigenvalue weighted by Crippen LogP contribution is -2.36. The minimum absolute atomic E-state index is 0.233. The van der Waals surface area contributed by atoms with E-state index in [0.29, 0.717) is 37.9 Å². The fourth-order valence-electron chi connectivity index (χ4n) is 3.68. The van der Waals surface area contributed by atoms with Crippen molar-refractivity contribution in [3.05, 3.63) is 0 Å². The molecule has 2 fully saturated rings. The Morgan fingerprint density at radius 2 is 1.41 bits per heavy atom. The van der Waals surface area contributed by atoms with Gasteiger partial charge in [-0.2, -0.15) is 0 Å². The topological polar surface area (TPSA) is 55.8 Å². The number of amides is 1. The molecule has 0 aromatic rings. The highest BCUT2D eigenvalue weighted by Gasteiger charge is 2.22. The predicted octanol–water partition coefficient (Wildman–Crippen LogP) is 5.26. The molecule has 0 radical (unpaired) electrons. The molecule has 0 aromatic carbocycles. The van der Waals surface area contributed by atoms with E-state index in [2.05, 4.69) is 0 Å². The molecule has 1 heterocycles. The maximum atomic E-state index is 11.7. The van der Waals surface area contributed by atoms with Crippen LogP contribution in [0, 0.1) is 11.8 Å². The fraction of sp³-hybridized carbons (Fsp3) is 0.917. The van der Waals surface area contributed by atoms with Crippen molar-refractivity contribution in [2.24, 2.45) is 11.8 Å². The molecule has 0 N–H and O–H groups in total. The summed E-state index contributed by atoms with van der Waals surface area (Å²) in [7, 11) is 0. The van der Waals surface area contributed by atoms with E-state index < -0.39 is 0 Å². The highest BCUT2D eigenvalue weighted by molar-refractivity contribution is 5.82. The van der Waals surface area contributed by atoms with Crippen LogP contribution >= 0.6 is 0 Å². The molecule has 29 heavy (non-hydrogen) atoms. The molecular weight excluding hydrogens is 366 g/mol. The van der Waals surface area contributed by atoms with Crippen LogP contribution in [0.4, 0.5) is 0 Å². The number of ketones is 1. The minimum atomic E-state index is 0.233. The van der Waals surface area contributed by atoms with Gasteiger partial charge in [-0.1, -0.05) is 47.0 Å². The van der Waals surface area contributed by atoms with Crippen molar-refractivity contribution in [1.82, 2.24) is 4.90 Å². The largest absolute Gasteiger partial charge is 0.379 e. The van der Waals surface area contributed by atoms with Gasteiger partial charge in [-0.15, -0.1) is 0 Å². The summed E-state index contributed by atoms with van der Waals surface area (Å²) in [5.41, 5.74) is 0. The zero-order chi connectivity index (χ0) is 21.9. The standard InChI is InChI=1S/C12H23NO3.C10H18O.C2H6/c1-2-15-10-11-16-9-6-12(14)13-7-4-3-5-8-13;1-8(2)10(11)9-6-4-3-5-7-9;1-2/h2-11H2,1H3;8-9H,3-7H2,1-2H3;1-2H3. The molecule has 1 aliphatic heterocycles. The minimum Gasteiger partial charge on any atom is -0.379 e. The second-order valence-corrected chi connectivity index (χ2v) is 7.89. The SMILES string of the molecule is CC.CC(C)C(=O)C1CCCCC1.CCOCCOCCC(=O)N1CCCCC1. The maximum absolute atomic E-state index is 11.7. The van der Waals surface area contributed by atoms with Crippen LogP contribution in [0.1, 0.15) is 92.4 Å². The molecule has 1 aliphatic carbocycles. The summed E-state index contributed by atoms with van der Waals surface area (Å²) in [5.74, 6) is 1.38. The number of ether oxygens (including phenoxy) is 2. The number of likely N-dealkylation sites (tertiary alicyclic amines) is 1. The number of Topliss-reactive ketones (excluding diaryl/α,β-unsaturated/α-hetero) is 1. The normalized spacial score (nSPS) is 17.1. The van der Waals surface area contributed by atoms with Gasteiger partial charge in [0.15, 0.2) is 0 Å². The summed E-state index contributed by atoms with van der Waals surface area (Å²) < 4.78 is 10.5. The molecule has 0 spiro atoms. The van der Waals surface area contributed by atoms with Crippen LogP contribution < -0.4 is 0 Å². The van der Waals surface area contributed by atoms with Gasteiger partial charge >= 0.3 is 0 Å². The number of hydrogen-bond donors (Lipinski definition) is 0. The first-order valence-corrected chi connectivity index (χ1v) is 12.0. The Bertz CT molecular complexity index is 400. The van der Waals surface area contributed by atoms with Crippen LogP contribution in [-0.2, 0) is 19.1 Å². The molecule has 0 unspecified atom stereocenters. The van der Waals surface area contributed by atoms with E-state index in [4.69, 9.17) is 9.47 Å². The van der Waals surface area contributed by atoms with E-state index in [1.165, 1.54) is 25.7 Å². The van der Waals surface area contributed by atoms with Crippen LogP contribution in [0.5, 0.6) is 0 Å². The van der Waals surface area contributed by atoms with Gasteiger partial charge in [-0.3, -0.25) is 9.59 Å². The molecule has 1 saturated carbocycles. The Labute approximate surface area is 179 Å². The van der Waals surface area contributed by atoms with Crippen LogP contribution in [0.2, 0.25) is 0 Å². The third kappa shape index (κ3) is 13.8. The summed E-state index contributed by atoms with van der Waals surface area (Å²) in [5, 5.41) is 0. The molecule has 5 heteroatoms. The number of hydrogen-bond acceptors (Lipinski definition) is 4. The second-order valence-electron chi connectivity index (χ2n) is 7.89. The highest BCUT2D eigenvalue weighted by atomic mass is 16.5. The summed E-state index contributed by atoms with van der Waals surface area (Å²) >= 11 is 0. The van der Waals surface area contributed by atoms with Gasteiger partial charge in [0, 0.05) is 31.5 Å². The van der Waals surface area contributed by atoms with Crippen LogP contribution in [0.15, 0.2) is 0 Å². The van der Waals surface area contributed by atoms with E-state index >= 15 is 0 Å². The zero-order valence-electron chi connectivity index (χ0n) is 19.8. The van der Waals surface area contributed by atoms with Gasteiger partial charge in [0.1, 0.15) is 5.78 Å². The van der Waals surface area contributed by atoms with Gasteiger partial charge < -0.3 is 14.4 Å². The molecule has 2 aliphatic rings. The first-order chi connectivity index (χ1) is 14.1. The van der Waals surface area contributed by atoms with E-state index in [9.17, 15) is 9.59 Å². The van der Waals surface area contributed by atoms with Gasteiger partial charge in [0.2, 0.25) is 5.91 Å². The quantitative estimate of drug-likeness (QED) is 0.484. The van der Waals surface area contributed by atoms with Crippen molar-refractivity contribution in [2.75, 3.05) is 39.5 Å². The van der Waals surface area contributed by atoms with Gasteiger partial charge in [-0.05, 0) is 39.0 Å². The van der Waals surface area contributed by atoms with Crippen molar-refractivity contribution in [3.63, 3.8) is 0 Å². The molecular formula is C24H47NO4. The lowest BCUT2D eigenvalue weighted by atomic mass is 9.83. The third-order valence-corrected chi connectivity index (χ3v) is 5.32. The average molecular weight is 414 g/mol. The van der Waals surface area contributed by atoms with E-state index in [-0.39, 0.29) is 11.8 Å². The summed E-state index contributed by atoms with van der Waals surface area (Å²) in [6.07, 6.45) is 10.2. The fourth-order valence-corrected chi connectivity index (χ4v) is 3.68. The van der Waals surface area contributed by atoms with Crippen LogP contribution in [0.3, 0.4) is 0 Å². The van der Waals surface area contributed by atoms with Crippen molar-refractivity contribution in [2.45, 2.75) is 92.4 Å². The zero-order valence-corrected chi connectivity index (χ0v) is 19.8. The smallest absolute Gasteiger partial charge is 0.224 e. The van der Waals surface area contributed by atoms with Crippen LogP contribution in [0.25, 0.3) is 0 Å². The van der Waals surface area contributed by atoms with E-state index in [1.54, 1.807) is 0 Å². The van der Waals surface area contributed by atoms with Gasteiger partial charge in [-0.25, -0.2) is 0 Å². The molecule has 1 saturated heterocycles. The molecule has 0 bridgehead atoms. The van der Waals surface area contributed by atoms with Gasteiger partial charge in [0.25, 0.3) is 0 Å². The third-order valence-electron chi connectivity index (χ3n) is 5.32. The average Bonchev–Trinajstić information content (AvgIpc) is 2.78. The molecule has 0 aromatic heterocycles. The lowest BCUT2D eigenvalue weighted by Gasteiger charge is -2.26. The number of piperidine rings is 1. The Morgan fingerprint density at radius 1 is 0.862 bits per heavy atom. The van der Waals surface area contributed by atoms with Crippen molar-refractivity contribution < 1.29 is 19.1 Å².